The zero-order valence-corrected chi connectivity index (χ0v) is 12.6. The van der Waals surface area contributed by atoms with Gasteiger partial charge in [-0.1, -0.05) is 11.8 Å². The van der Waals surface area contributed by atoms with Crippen LogP contribution in [-0.2, 0) is 10.0 Å². The largest absolute Gasteiger partial charge is 0.495 e. The van der Waals surface area contributed by atoms with E-state index >= 15 is 0 Å². The molecule has 110 valence electrons. The summed E-state index contributed by atoms with van der Waals surface area (Å²) < 4.78 is 32.0. The zero-order valence-electron chi connectivity index (χ0n) is 11.8. The maximum absolute atomic E-state index is 12.2. The Morgan fingerprint density at radius 1 is 1.40 bits per heavy atom. The highest BCUT2D eigenvalue weighted by Crippen LogP contribution is 2.24. The molecule has 0 aliphatic carbocycles. The summed E-state index contributed by atoms with van der Waals surface area (Å²) in [4.78, 5) is 0.0597. The van der Waals surface area contributed by atoms with E-state index in [2.05, 4.69) is 16.6 Å². The quantitative estimate of drug-likeness (QED) is 0.799. The van der Waals surface area contributed by atoms with Crippen molar-refractivity contribution < 1.29 is 18.3 Å². The fourth-order valence-corrected chi connectivity index (χ4v) is 3.00. The monoisotopic (exact) mass is 297 g/mol. The third-order valence-electron chi connectivity index (χ3n) is 2.31. The summed E-state index contributed by atoms with van der Waals surface area (Å²) in [5.74, 6) is 5.83. The van der Waals surface area contributed by atoms with Crippen LogP contribution in [0.2, 0.25) is 0 Å². The van der Waals surface area contributed by atoms with E-state index in [-0.39, 0.29) is 23.3 Å². The normalized spacial score (nSPS) is 11.1. The van der Waals surface area contributed by atoms with Crippen LogP contribution in [0.3, 0.4) is 0 Å². The predicted octanol–water partition coefficient (Wildman–Crippen LogP) is 1.12. The number of methoxy groups -OCH3 is 1. The summed E-state index contributed by atoms with van der Waals surface area (Å²) in [6.07, 6.45) is 0.346. The second-order valence-corrected chi connectivity index (χ2v) is 6.10. The molecule has 0 radical (unpaired) electrons. The van der Waals surface area contributed by atoms with Crippen molar-refractivity contribution in [3.63, 3.8) is 0 Å². The average molecular weight is 297 g/mol. The number of rotatable bonds is 5. The average Bonchev–Trinajstić information content (AvgIpc) is 2.37. The van der Waals surface area contributed by atoms with Gasteiger partial charge in [0.25, 0.3) is 0 Å². The second-order valence-electron chi connectivity index (χ2n) is 4.42. The van der Waals surface area contributed by atoms with Crippen molar-refractivity contribution in [3.8, 4) is 17.6 Å². The van der Waals surface area contributed by atoms with Crippen LogP contribution in [0.25, 0.3) is 0 Å². The minimum atomic E-state index is -3.65. The first kappa shape index (κ1) is 16.5. The predicted molar refractivity (Wildman–Crippen MR) is 77.0 cm³/mol. The first-order chi connectivity index (χ1) is 9.40. The summed E-state index contributed by atoms with van der Waals surface area (Å²) in [6, 6.07) is 4.50. The molecule has 0 aliphatic rings. The Balaban J connectivity index is 3.23. The number of aliphatic hydroxyl groups excluding tert-OH is 1. The summed E-state index contributed by atoms with van der Waals surface area (Å²) in [5, 5.41) is 8.68. The highest BCUT2D eigenvalue weighted by atomic mass is 32.2. The highest BCUT2D eigenvalue weighted by Gasteiger charge is 2.20. The minimum absolute atomic E-state index is 0.0246. The zero-order chi connectivity index (χ0) is 15.2. The molecular weight excluding hydrogens is 278 g/mol. The number of nitrogens with one attached hydrogen (secondary N) is 1. The van der Waals surface area contributed by atoms with E-state index in [1.165, 1.54) is 13.2 Å². The Hall–Kier alpha value is -1.55. The van der Waals surface area contributed by atoms with Gasteiger partial charge in [-0.15, -0.1) is 0 Å². The van der Waals surface area contributed by atoms with Crippen molar-refractivity contribution in [1.29, 1.82) is 0 Å². The van der Waals surface area contributed by atoms with E-state index < -0.39 is 10.0 Å². The van der Waals surface area contributed by atoms with Crippen LogP contribution in [-0.4, -0.2) is 33.3 Å². The molecule has 0 amide bonds. The standard InChI is InChI=1S/C14H19NO4S/c1-11(2)15-20(17,18)14-10-12(6-4-5-9-16)7-8-13(14)19-3/h7-8,10-11,15-16H,5,9H2,1-3H3. The van der Waals surface area contributed by atoms with Crippen molar-refractivity contribution in [2.24, 2.45) is 0 Å². The third kappa shape index (κ3) is 4.53. The van der Waals surface area contributed by atoms with E-state index in [4.69, 9.17) is 9.84 Å². The highest BCUT2D eigenvalue weighted by molar-refractivity contribution is 7.89. The van der Waals surface area contributed by atoms with Gasteiger partial charge in [-0.3, -0.25) is 0 Å². The van der Waals surface area contributed by atoms with Gasteiger partial charge in [-0.25, -0.2) is 13.1 Å². The lowest BCUT2D eigenvalue weighted by Crippen LogP contribution is -2.30. The van der Waals surface area contributed by atoms with Gasteiger partial charge in [0.15, 0.2) is 0 Å². The molecule has 20 heavy (non-hydrogen) atoms. The van der Waals surface area contributed by atoms with Crippen LogP contribution >= 0.6 is 0 Å². The lowest BCUT2D eigenvalue weighted by atomic mass is 10.2. The summed E-state index contributed by atoms with van der Waals surface area (Å²) >= 11 is 0. The molecular formula is C14H19NO4S. The maximum Gasteiger partial charge on any atom is 0.244 e. The van der Waals surface area contributed by atoms with Crippen molar-refractivity contribution in [2.75, 3.05) is 13.7 Å². The molecule has 0 aliphatic heterocycles. The molecule has 1 aromatic rings. The van der Waals surface area contributed by atoms with Crippen LogP contribution in [0, 0.1) is 11.8 Å². The third-order valence-corrected chi connectivity index (χ3v) is 3.99. The van der Waals surface area contributed by atoms with Crippen molar-refractivity contribution in [3.05, 3.63) is 23.8 Å². The Labute approximate surface area is 120 Å². The molecule has 6 heteroatoms. The minimum Gasteiger partial charge on any atom is -0.495 e. The molecule has 0 spiro atoms. The second kappa shape index (κ2) is 7.29. The van der Waals surface area contributed by atoms with E-state index in [1.54, 1.807) is 26.0 Å². The molecule has 0 unspecified atom stereocenters. The molecule has 0 aromatic heterocycles. The first-order valence-electron chi connectivity index (χ1n) is 6.21. The van der Waals surface area contributed by atoms with Crippen molar-refractivity contribution in [2.45, 2.75) is 31.2 Å². The molecule has 0 heterocycles. The fourth-order valence-electron chi connectivity index (χ4n) is 1.56. The Bertz CT molecular complexity index is 612. The molecule has 0 atom stereocenters. The molecule has 5 nitrogen and oxygen atoms in total. The van der Waals surface area contributed by atoms with Gasteiger partial charge in [-0.05, 0) is 32.0 Å². The van der Waals surface area contributed by atoms with Gasteiger partial charge < -0.3 is 9.84 Å². The van der Waals surface area contributed by atoms with Gasteiger partial charge in [0.1, 0.15) is 10.6 Å². The Kier molecular flexibility index (Phi) is 6.02. The first-order valence-corrected chi connectivity index (χ1v) is 7.69. The van der Waals surface area contributed by atoms with Gasteiger partial charge in [0.05, 0.1) is 13.7 Å². The van der Waals surface area contributed by atoms with Crippen LogP contribution in [0.4, 0.5) is 0 Å². The van der Waals surface area contributed by atoms with Crippen LogP contribution in [0.15, 0.2) is 23.1 Å². The SMILES string of the molecule is COc1ccc(C#CCCO)cc1S(=O)(=O)NC(C)C. The molecule has 1 aromatic carbocycles. The molecule has 0 saturated heterocycles. The molecule has 0 fully saturated rings. The maximum atomic E-state index is 12.2. The number of ether oxygens (including phenoxy) is 1. The van der Waals surface area contributed by atoms with Gasteiger partial charge in [0.2, 0.25) is 10.0 Å². The Morgan fingerprint density at radius 3 is 2.65 bits per heavy atom. The molecule has 1 rings (SSSR count). The van der Waals surface area contributed by atoms with Crippen LogP contribution < -0.4 is 9.46 Å². The van der Waals surface area contributed by atoms with Crippen LogP contribution in [0.5, 0.6) is 5.75 Å². The van der Waals surface area contributed by atoms with E-state index in [0.717, 1.165) is 0 Å². The summed E-state index contributed by atoms with van der Waals surface area (Å²) in [6.45, 7) is 3.47. The molecule has 2 N–H and O–H groups in total. The number of benzene rings is 1. The smallest absolute Gasteiger partial charge is 0.244 e. The van der Waals surface area contributed by atoms with Crippen molar-refractivity contribution >= 4 is 10.0 Å². The van der Waals surface area contributed by atoms with Gasteiger partial charge in [0, 0.05) is 18.0 Å². The Morgan fingerprint density at radius 2 is 2.10 bits per heavy atom. The number of aliphatic hydroxyl groups is 1. The van der Waals surface area contributed by atoms with Gasteiger partial charge in [-0.2, -0.15) is 0 Å². The van der Waals surface area contributed by atoms with Crippen molar-refractivity contribution in [1.82, 2.24) is 4.72 Å². The fraction of sp³-hybridized carbons (Fsp3) is 0.429. The van der Waals surface area contributed by atoms with E-state index in [0.29, 0.717) is 12.0 Å². The van der Waals surface area contributed by atoms with E-state index in [9.17, 15) is 8.42 Å². The number of hydrogen-bond acceptors (Lipinski definition) is 4. The van der Waals surface area contributed by atoms with Crippen LogP contribution in [0.1, 0.15) is 25.8 Å². The lowest BCUT2D eigenvalue weighted by Gasteiger charge is -2.13. The molecule has 0 bridgehead atoms. The topological polar surface area (TPSA) is 75.6 Å². The summed E-state index contributed by atoms with van der Waals surface area (Å²) in [5.41, 5.74) is 0.559. The number of sulfonamides is 1. The summed E-state index contributed by atoms with van der Waals surface area (Å²) in [7, 11) is -2.23. The number of hydrogen-bond donors (Lipinski definition) is 2. The molecule has 0 saturated carbocycles. The van der Waals surface area contributed by atoms with Gasteiger partial charge >= 0.3 is 0 Å². The van der Waals surface area contributed by atoms with E-state index in [1.807, 2.05) is 0 Å². The lowest BCUT2D eigenvalue weighted by molar-refractivity contribution is 0.305.